The Hall–Kier alpha value is -6.31. The average Bonchev–Trinajstić information content (AvgIpc) is 3.76. The highest BCUT2D eigenvalue weighted by atomic mass is 16.7. The van der Waals surface area contributed by atoms with Crippen molar-refractivity contribution in [2.24, 2.45) is 0 Å². The molecular formula is C31H27N4O10+. The van der Waals surface area contributed by atoms with Gasteiger partial charge in [-0.3, -0.25) is 0 Å². The van der Waals surface area contributed by atoms with Crippen LogP contribution >= 0.6 is 0 Å². The zero-order valence-electron chi connectivity index (χ0n) is 23.5. The van der Waals surface area contributed by atoms with E-state index in [-0.39, 0.29) is 25.9 Å². The molecule has 4 heterocycles. The standard InChI is InChI=1S/C31H26N4O10/c36-24-12-13-25(37)34(24)44-30(40)16-18-32-20-6-1-3-8-22(20)42-28(32)10-5-11-29-33(21-7-2-4-9-23(21)43-29)19-17-31(41)45-35-26(38)14-15-27(35)39/h1-15H,16-19H2,(H3-,36,37,38,39)/p+1. The molecular weight excluding hydrogens is 588 g/mol. The summed E-state index contributed by atoms with van der Waals surface area (Å²) in [5, 5.41) is 39.0. The highest BCUT2D eigenvalue weighted by Crippen LogP contribution is 2.38. The Bertz CT molecular complexity index is 1910. The highest BCUT2D eigenvalue weighted by molar-refractivity contribution is 5.73. The van der Waals surface area contributed by atoms with Gasteiger partial charge in [0.2, 0.25) is 35.0 Å². The Morgan fingerprint density at radius 1 is 0.778 bits per heavy atom. The number of hydrogen-bond donors (Lipinski definition) is 4. The van der Waals surface area contributed by atoms with E-state index in [0.717, 1.165) is 11.2 Å². The maximum Gasteiger partial charge on any atom is 0.374 e. The van der Waals surface area contributed by atoms with Crippen LogP contribution in [0.15, 0.2) is 95.2 Å². The van der Waals surface area contributed by atoms with E-state index in [2.05, 4.69) is 0 Å². The number of carbonyl (C=O) groups is 2. The molecule has 0 aliphatic carbocycles. The number of benzene rings is 2. The molecule has 0 radical (unpaired) electrons. The lowest BCUT2D eigenvalue weighted by Gasteiger charge is -2.17. The molecule has 0 spiro atoms. The topological polar surface area (TPSA) is 173 Å². The van der Waals surface area contributed by atoms with E-state index >= 15 is 0 Å². The Kier molecular flexibility index (Phi) is 7.76. The third kappa shape index (κ3) is 5.97. The molecule has 0 atom stereocenters. The number of aryl methyl sites for hydroxylation is 1. The summed E-state index contributed by atoms with van der Waals surface area (Å²) >= 11 is 0. The maximum atomic E-state index is 12.5. The molecule has 230 valence electrons. The quantitative estimate of drug-likeness (QED) is 0.170. The minimum absolute atomic E-state index is 0.103. The van der Waals surface area contributed by atoms with Crippen molar-refractivity contribution in [3.05, 3.63) is 96.7 Å². The largest absolute Gasteiger partial charge is 0.492 e. The molecule has 0 amide bonds. The molecule has 2 aromatic carbocycles. The number of fused-ring (bicyclic) bond motifs is 2. The van der Waals surface area contributed by atoms with Crippen LogP contribution in [0.4, 0.5) is 5.69 Å². The Labute approximate surface area is 254 Å². The predicted molar refractivity (Wildman–Crippen MR) is 156 cm³/mol. The molecule has 6 rings (SSSR count). The number of nitrogens with zero attached hydrogens (tertiary/aromatic N) is 4. The van der Waals surface area contributed by atoms with E-state index in [1.54, 1.807) is 39.8 Å². The van der Waals surface area contributed by atoms with Crippen molar-refractivity contribution in [3.63, 3.8) is 0 Å². The molecule has 4 N–H and O–H groups in total. The molecule has 14 nitrogen and oxygen atoms in total. The van der Waals surface area contributed by atoms with Gasteiger partial charge in [0.15, 0.2) is 12.3 Å². The van der Waals surface area contributed by atoms with Gasteiger partial charge in [-0.05, 0) is 30.4 Å². The second-order valence-electron chi connectivity index (χ2n) is 9.76. The number of rotatable bonds is 10. The summed E-state index contributed by atoms with van der Waals surface area (Å²) in [5.74, 6) is -1.62. The van der Waals surface area contributed by atoms with Crippen LogP contribution in [0.3, 0.4) is 0 Å². The fourth-order valence-electron chi connectivity index (χ4n) is 4.72. The third-order valence-corrected chi connectivity index (χ3v) is 6.81. The zero-order chi connectivity index (χ0) is 31.5. The van der Waals surface area contributed by atoms with Gasteiger partial charge in [0, 0.05) is 36.9 Å². The van der Waals surface area contributed by atoms with Gasteiger partial charge >= 0.3 is 17.8 Å². The fourth-order valence-corrected chi connectivity index (χ4v) is 4.72. The number of carbonyl (C=O) groups excluding carboxylic acids is 2. The number of anilines is 1. The maximum absolute atomic E-state index is 12.5. The third-order valence-electron chi connectivity index (χ3n) is 6.81. The number of para-hydroxylation sites is 4. The predicted octanol–water partition coefficient (Wildman–Crippen LogP) is 2.99. The lowest BCUT2D eigenvalue weighted by atomic mass is 10.2. The van der Waals surface area contributed by atoms with Crippen LogP contribution < -0.4 is 23.9 Å². The molecule has 0 fully saturated rings. The number of oxazole rings is 1. The van der Waals surface area contributed by atoms with Crippen molar-refractivity contribution in [1.29, 1.82) is 0 Å². The van der Waals surface area contributed by atoms with Gasteiger partial charge < -0.3 is 44.2 Å². The number of allylic oxidation sites excluding steroid dienone is 2. The lowest BCUT2D eigenvalue weighted by Crippen LogP contribution is -2.37. The van der Waals surface area contributed by atoms with Gasteiger partial charge in [0.05, 0.1) is 18.2 Å². The summed E-state index contributed by atoms with van der Waals surface area (Å²) in [7, 11) is 0. The molecule has 3 aromatic heterocycles. The van der Waals surface area contributed by atoms with E-state index in [1.807, 2.05) is 36.4 Å². The normalized spacial score (nSPS) is 13.4. The monoisotopic (exact) mass is 615 g/mol. The van der Waals surface area contributed by atoms with E-state index in [9.17, 15) is 30.0 Å². The van der Waals surface area contributed by atoms with Crippen LogP contribution in [0, 0.1) is 0 Å². The van der Waals surface area contributed by atoms with Crippen molar-refractivity contribution < 1.29 is 53.4 Å². The Morgan fingerprint density at radius 2 is 1.38 bits per heavy atom. The highest BCUT2D eigenvalue weighted by Gasteiger charge is 2.27. The zero-order valence-corrected chi connectivity index (χ0v) is 23.5. The number of aromatic nitrogens is 3. The van der Waals surface area contributed by atoms with E-state index in [1.165, 1.54) is 24.3 Å². The van der Waals surface area contributed by atoms with Crippen LogP contribution in [0.2, 0.25) is 0 Å². The van der Waals surface area contributed by atoms with Gasteiger partial charge in [0.1, 0.15) is 6.42 Å². The van der Waals surface area contributed by atoms with Gasteiger partial charge in [-0.25, -0.2) is 9.59 Å². The van der Waals surface area contributed by atoms with Crippen LogP contribution in [-0.2, 0) is 16.1 Å². The van der Waals surface area contributed by atoms with E-state index in [0.29, 0.717) is 32.6 Å². The summed E-state index contributed by atoms with van der Waals surface area (Å²) in [5.41, 5.74) is 2.05. The summed E-state index contributed by atoms with van der Waals surface area (Å²) in [6.45, 7) is 0.329. The summed E-state index contributed by atoms with van der Waals surface area (Å²) in [4.78, 5) is 36.9. The molecule has 45 heavy (non-hydrogen) atoms. The summed E-state index contributed by atoms with van der Waals surface area (Å²) < 4.78 is 15.1. The lowest BCUT2D eigenvalue weighted by molar-refractivity contribution is -0.677. The van der Waals surface area contributed by atoms with Crippen molar-refractivity contribution >= 4 is 34.8 Å². The van der Waals surface area contributed by atoms with Gasteiger partial charge in [0.25, 0.3) is 5.52 Å². The summed E-state index contributed by atoms with van der Waals surface area (Å²) in [6.07, 6.45) is 4.88. The molecule has 0 unspecified atom stereocenters. The van der Waals surface area contributed by atoms with Gasteiger partial charge in [-0.2, -0.15) is 4.57 Å². The molecule has 0 saturated heterocycles. The molecule has 0 saturated carbocycles. The summed E-state index contributed by atoms with van der Waals surface area (Å²) in [6, 6.07) is 19.4. The van der Waals surface area contributed by atoms with Crippen molar-refractivity contribution in [1.82, 2.24) is 9.46 Å². The van der Waals surface area contributed by atoms with Crippen molar-refractivity contribution in [2.45, 2.75) is 19.4 Å². The first-order chi connectivity index (χ1) is 21.8. The van der Waals surface area contributed by atoms with E-state index < -0.39 is 35.5 Å². The van der Waals surface area contributed by atoms with Gasteiger partial charge in [-0.1, -0.05) is 24.3 Å². The van der Waals surface area contributed by atoms with Crippen molar-refractivity contribution in [2.75, 3.05) is 11.4 Å². The van der Waals surface area contributed by atoms with Crippen LogP contribution in [0.5, 0.6) is 29.3 Å². The second-order valence-corrected chi connectivity index (χ2v) is 9.76. The Morgan fingerprint density at radius 3 is 2.07 bits per heavy atom. The first kappa shape index (κ1) is 28.8. The minimum atomic E-state index is -0.694. The average molecular weight is 616 g/mol. The van der Waals surface area contributed by atoms with Crippen LogP contribution in [0.25, 0.3) is 17.2 Å². The molecule has 1 aliphatic rings. The molecule has 0 bridgehead atoms. The smallest absolute Gasteiger partial charge is 0.374 e. The Balaban J connectivity index is 1.19. The molecule has 14 heteroatoms. The van der Waals surface area contributed by atoms with E-state index in [4.69, 9.17) is 18.8 Å². The van der Waals surface area contributed by atoms with Gasteiger partial charge in [-0.15, -0.1) is 9.46 Å². The second kappa shape index (κ2) is 12.1. The van der Waals surface area contributed by atoms with Crippen LogP contribution in [0.1, 0.15) is 18.7 Å². The first-order valence-corrected chi connectivity index (χ1v) is 13.7. The number of ether oxygens (including phenoxy) is 1. The number of hydrogen-bond acceptors (Lipinski definition) is 11. The minimum Gasteiger partial charge on any atom is -0.492 e. The van der Waals surface area contributed by atoms with Crippen molar-refractivity contribution in [3.8, 4) is 29.3 Å². The fraction of sp³-hybridized carbons (Fsp3) is 0.129. The molecule has 5 aromatic rings. The molecule has 1 aliphatic heterocycles. The SMILES string of the molecule is O=C(CCN1C(=CC=Cc2oc3ccccc3[n+]2CCC(=O)On2c(O)ccc2O)Oc2ccccc21)On1c(O)ccc1O. The first-order valence-electron chi connectivity index (χ1n) is 13.7. The number of aromatic hydroxyl groups is 4. The van der Waals surface area contributed by atoms with Crippen LogP contribution in [-0.4, -0.2) is 48.4 Å².